The Bertz CT molecular complexity index is 460. The summed E-state index contributed by atoms with van der Waals surface area (Å²) in [7, 11) is 0. The van der Waals surface area contributed by atoms with Crippen molar-refractivity contribution < 1.29 is 0 Å². The molecule has 2 nitrogen and oxygen atoms in total. The van der Waals surface area contributed by atoms with Crippen molar-refractivity contribution in [3.8, 4) is 6.07 Å². The first kappa shape index (κ1) is 12.5. The molecule has 1 saturated carbocycles. The van der Waals surface area contributed by atoms with Crippen LogP contribution in [0.2, 0.25) is 0 Å². The van der Waals surface area contributed by atoms with Gasteiger partial charge in [0.25, 0.3) is 0 Å². The zero-order chi connectivity index (χ0) is 12.5. The van der Waals surface area contributed by atoms with Crippen molar-refractivity contribution in [3.05, 3.63) is 29.3 Å². The molecule has 1 aliphatic carbocycles. The fourth-order valence-corrected chi connectivity index (χ4v) is 3.14. The normalized spacial score (nSPS) is 18.5. The van der Waals surface area contributed by atoms with E-state index in [-0.39, 0.29) is 0 Å². The number of nitrogens with two attached hydrogens (primary N) is 1. The average Bonchev–Trinajstić information content (AvgIpc) is 3.11. The standard InChI is InChI=1S/C14H18N2S/c1-10-3-6-13(11(2)7-10)17-9-14(16,8-15)12-4-5-12/h3,6-7,12H,4-5,9,16H2,1-2H3. The minimum atomic E-state index is -0.637. The van der Waals surface area contributed by atoms with Crippen LogP contribution in [-0.4, -0.2) is 11.3 Å². The molecule has 0 heterocycles. The van der Waals surface area contributed by atoms with Gasteiger partial charge >= 0.3 is 0 Å². The van der Waals surface area contributed by atoms with Crippen molar-refractivity contribution in [1.29, 1.82) is 5.26 Å². The molecular weight excluding hydrogens is 228 g/mol. The van der Waals surface area contributed by atoms with Crippen molar-refractivity contribution in [2.75, 3.05) is 5.75 Å². The van der Waals surface area contributed by atoms with Crippen molar-refractivity contribution in [1.82, 2.24) is 0 Å². The average molecular weight is 246 g/mol. The summed E-state index contributed by atoms with van der Waals surface area (Å²) in [5.41, 5.74) is 8.05. The first-order chi connectivity index (χ1) is 8.05. The van der Waals surface area contributed by atoms with E-state index < -0.39 is 5.54 Å². The lowest BCUT2D eigenvalue weighted by Crippen LogP contribution is -2.43. The molecule has 1 aromatic rings. The van der Waals surface area contributed by atoms with Crippen LogP contribution in [0.3, 0.4) is 0 Å². The highest BCUT2D eigenvalue weighted by Crippen LogP contribution is 2.40. The molecule has 2 N–H and O–H groups in total. The molecule has 2 rings (SSSR count). The second-order valence-corrected chi connectivity index (χ2v) is 6.00. The van der Waals surface area contributed by atoms with Gasteiger partial charge in [-0.3, -0.25) is 0 Å². The highest BCUT2D eigenvalue weighted by atomic mass is 32.2. The van der Waals surface area contributed by atoms with Crippen molar-refractivity contribution in [2.24, 2.45) is 11.7 Å². The molecule has 0 aromatic heterocycles. The number of thioether (sulfide) groups is 1. The van der Waals surface area contributed by atoms with Gasteiger partial charge in [0.2, 0.25) is 0 Å². The summed E-state index contributed by atoms with van der Waals surface area (Å²) in [6.07, 6.45) is 2.22. The maximum Gasteiger partial charge on any atom is 0.116 e. The molecule has 0 aliphatic heterocycles. The van der Waals surface area contributed by atoms with Crippen LogP contribution in [0.5, 0.6) is 0 Å². The van der Waals surface area contributed by atoms with Crippen molar-refractivity contribution >= 4 is 11.8 Å². The first-order valence-electron chi connectivity index (χ1n) is 5.95. The van der Waals surface area contributed by atoms with E-state index in [2.05, 4.69) is 38.1 Å². The molecule has 1 fully saturated rings. The Kier molecular flexibility index (Phi) is 3.46. The summed E-state index contributed by atoms with van der Waals surface area (Å²) in [5.74, 6) is 1.10. The molecular formula is C14H18N2S. The Morgan fingerprint density at radius 3 is 2.71 bits per heavy atom. The van der Waals surface area contributed by atoms with Gasteiger partial charge in [-0.2, -0.15) is 5.26 Å². The molecule has 0 amide bonds. The Morgan fingerprint density at radius 1 is 1.47 bits per heavy atom. The van der Waals surface area contributed by atoms with Crippen LogP contribution in [0.25, 0.3) is 0 Å². The summed E-state index contributed by atoms with van der Waals surface area (Å²) in [6, 6.07) is 8.70. The minimum Gasteiger partial charge on any atom is -0.312 e. The van der Waals surface area contributed by atoms with Gasteiger partial charge in [0, 0.05) is 10.6 Å². The molecule has 90 valence electrons. The predicted octanol–water partition coefficient (Wildman–Crippen LogP) is 3.03. The smallest absolute Gasteiger partial charge is 0.116 e. The third-order valence-electron chi connectivity index (χ3n) is 3.31. The molecule has 1 aromatic carbocycles. The van der Waals surface area contributed by atoms with E-state index in [1.807, 2.05) is 0 Å². The summed E-state index contributed by atoms with van der Waals surface area (Å²) >= 11 is 1.71. The van der Waals surface area contributed by atoms with Crippen molar-refractivity contribution in [2.45, 2.75) is 37.1 Å². The van der Waals surface area contributed by atoms with Crippen molar-refractivity contribution in [3.63, 3.8) is 0 Å². The van der Waals surface area contributed by atoms with Gasteiger partial charge in [-0.15, -0.1) is 11.8 Å². The molecule has 0 radical (unpaired) electrons. The topological polar surface area (TPSA) is 49.8 Å². The Morgan fingerprint density at radius 2 is 2.18 bits per heavy atom. The SMILES string of the molecule is Cc1ccc(SCC(N)(C#N)C2CC2)c(C)c1. The van der Waals surface area contributed by atoms with E-state index >= 15 is 0 Å². The van der Waals surface area contributed by atoms with Crippen LogP contribution in [0.4, 0.5) is 0 Å². The lowest BCUT2D eigenvalue weighted by atomic mass is 10.00. The van der Waals surface area contributed by atoms with Crippen LogP contribution in [0.15, 0.2) is 23.1 Å². The number of hydrogen-bond acceptors (Lipinski definition) is 3. The van der Waals surface area contributed by atoms with E-state index in [1.54, 1.807) is 11.8 Å². The second kappa shape index (κ2) is 4.72. The van der Waals surface area contributed by atoms with Gasteiger partial charge in [0.15, 0.2) is 0 Å². The van der Waals surface area contributed by atoms with Crippen LogP contribution in [0.1, 0.15) is 24.0 Å². The molecule has 1 unspecified atom stereocenters. The molecule has 17 heavy (non-hydrogen) atoms. The molecule has 3 heteroatoms. The first-order valence-corrected chi connectivity index (χ1v) is 6.94. The van der Waals surface area contributed by atoms with E-state index in [0.29, 0.717) is 11.7 Å². The largest absolute Gasteiger partial charge is 0.312 e. The third-order valence-corrected chi connectivity index (χ3v) is 4.70. The fourth-order valence-electron chi connectivity index (χ4n) is 2.00. The molecule has 0 bridgehead atoms. The van der Waals surface area contributed by atoms with E-state index in [9.17, 15) is 5.26 Å². The Hall–Kier alpha value is -0.980. The summed E-state index contributed by atoms with van der Waals surface area (Å²) < 4.78 is 0. The van der Waals surface area contributed by atoms with Gasteiger partial charge < -0.3 is 5.73 Å². The van der Waals surface area contributed by atoms with E-state index in [0.717, 1.165) is 12.8 Å². The molecule has 0 saturated heterocycles. The van der Waals surface area contributed by atoms with Gasteiger partial charge in [-0.25, -0.2) is 0 Å². The zero-order valence-electron chi connectivity index (χ0n) is 10.4. The van der Waals surface area contributed by atoms with Crippen LogP contribution >= 0.6 is 11.8 Å². The maximum absolute atomic E-state index is 9.20. The summed E-state index contributed by atoms with van der Waals surface area (Å²) in [5, 5.41) is 9.20. The number of aryl methyl sites for hydroxylation is 2. The van der Waals surface area contributed by atoms with Gasteiger partial charge in [0.05, 0.1) is 6.07 Å². The molecule has 1 atom stereocenters. The Labute approximate surface area is 107 Å². The van der Waals surface area contributed by atoms with Crippen LogP contribution in [0, 0.1) is 31.1 Å². The number of nitriles is 1. The van der Waals surface area contributed by atoms with Crippen LogP contribution < -0.4 is 5.73 Å². The van der Waals surface area contributed by atoms with Gasteiger partial charge in [-0.1, -0.05) is 17.7 Å². The number of benzene rings is 1. The van der Waals surface area contributed by atoms with Crippen LogP contribution in [-0.2, 0) is 0 Å². The highest BCUT2D eigenvalue weighted by molar-refractivity contribution is 7.99. The molecule has 1 aliphatic rings. The summed E-state index contributed by atoms with van der Waals surface area (Å²) in [6.45, 7) is 4.20. The van der Waals surface area contributed by atoms with Gasteiger partial charge in [0.1, 0.15) is 5.54 Å². The lowest BCUT2D eigenvalue weighted by molar-refractivity contribution is 0.532. The predicted molar refractivity (Wildman–Crippen MR) is 71.9 cm³/mol. The zero-order valence-corrected chi connectivity index (χ0v) is 11.2. The Balaban J connectivity index is 2.04. The maximum atomic E-state index is 9.20. The summed E-state index contributed by atoms with van der Waals surface area (Å²) in [4.78, 5) is 1.24. The minimum absolute atomic E-state index is 0.408. The van der Waals surface area contributed by atoms with E-state index in [4.69, 9.17) is 5.73 Å². The number of rotatable bonds is 4. The second-order valence-electron chi connectivity index (χ2n) is 4.98. The number of nitrogens with zero attached hydrogens (tertiary/aromatic N) is 1. The molecule has 0 spiro atoms. The van der Waals surface area contributed by atoms with E-state index in [1.165, 1.54) is 16.0 Å². The highest BCUT2D eigenvalue weighted by Gasteiger charge is 2.42. The third kappa shape index (κ3) is 2.83. The lowest BCUT2D eigenvalue weighted by Gasteiger charge is -2.20. The quantitative estimate of drug-likeness (QED) is 0.831. The monoisotopic (exact) mass is 246 g/mol. The number of hydrogen-bond donors (Lipinski definition) is 1. The fraction of sp³-hybridized carbons (Fsp3) is 0.500. The van der Waals surface area contributed by atoms with Gasteiger partial charge in [-0.05, 0) is 44.2 Å².